The molecule has 1 fully saturated rings. The molecule has 5 nitrogen and oxygen atoms in total. The number of amides is 1. The summed E-state index contributed by atoms with van der Waals surface area (Å²) in [7, 11) is -3.98. The first kappa shape index (κ1) is 15.9. The number of carbonyl (C=O) groups excluding carboxylic acids is 1. The summed E-state index contributed by atoms with van der Waals surface area (Å²) in [6, 6.07) is 3.16. The maximum Gasteiger partial charge on any atom is 0.257 e. The van der Waals surface area contributed by atoms with Crippen molar-refractivity contribution in [1.82, 2.24) is 4.90 Å². The molecule has 0 radical (unpaired) electrons. The third-order valence-electron chi connectivity index (χ3n) is 4.13. The quantitative estimate of drug-likeness (QED) is 0.902. The Kier molecular flexibility index (Phi) is 4.34. The number of nitrogens with two attached hydrogens (primary N) is 1. The molecule has 0 saturated carbocycles. The van der Waals surface area contributed by atoms with Crippen LogP contribution in [0.5, 0.6) is 0 Å². The van der Waals surface area contributed by atoms with Gasteiger partial charge in [-0.3, -0.25) is 4.79 Å². The van der Waals surface area contributed by atoms with E-state index >= 15 is 0 Å². The van der Waals surface area contributed by atoms with E-state index in [-0.39, 0.29) is 16.5 Å². The molecular formula is C14H19FN2O3S. The molecule has 2 rings (SSSR count). The number of carbonyl (C=O) groups is 1. The highest BCUT2D eigenvalue weighted by atomic mass is 32.2. The molecule has 1 aromatic rings. The minimum absolute atomic E-state index is 0.0311. The Morgan fingerprint density at radius 2 is 2.05 bits per heavy atom. The average Bonchev–Trinajstić information content (AvgIpc) is 2.40. The van der Waals surface area contributed by atoms with Crippen LogP contribution in [0.2, 0.25) is 0 Å². The van der Waals surface area contributed by atoms with Crippen molar-refractivity contribution in [2.24, 2.45) is 11.1 Å². The highest BCUT2D eigenvalue weighted by molar-refractivity contribution is 7.89. The number of nitrogens with zero attached hydrogens (tertiary/aromatic N) is 1. The molecule has 1 aromatic carbocycles. The van der Waals surface area contributed by atoms with Gasteiger partial charge in [0, 0.05) is 12.6 Å². The van der Waals surface area contributed by atoms with Crippen molar-refractivity contribution < 1.29 is 17.6 Å². The van der Waals surface area contributed by atoms with Crippen LogP contribution in [-0.4, -0.2) is 31.8 Å². The second-order valence-electron chi connectivity index (χ2n) is 5.55. The van der Waals surface area contributed by atoms with Crippen molar-refractivity contribution >= 4 is 15.9 Å². The molecule has 0 spiro atoms. The topological polar surface area (TPSA) is 80.5 Å². The monoisotopic (exact) mass is 314 g/mol. The predicted molar refractivity (Wildman–Crippen MR) is 76.7 cm³/mol. The summed E-state index contributed by atoms with van der Waals surface area (Å²) >= 11 is 0. The number of likely N-dealkylation sites (tertiary alicyclic amines) is 1. The van der Waals surface area contributed by atoms with Crippen molar-refractivity contribution in [1.29, 1.82) is 0 Å². The van der Waals surface area contributed by atoms with E-state index in [1.807, 2.05) is 6.92 Å². The van der Waals surface area contributed by atoms with Gasteiger partial charge in [-0.05, 0) is 43.9 Å². The number of rotatable bonds is 2. The molecule has 1 heterocycles. The van der Waals surface area contributed by atoms with Gasteiger partial charge in [0.1, 0.15) is 5.82 Å². The summed E-state index contributed by atoms with van der Waals surface area (Å²) in [6.45, 7) is 4.59. The van der Waals surface area contributed by atoms with Crippen LogP contribution in [0.4, 0.5) is 4.39 Å². The largest absolute Gasteiger partial charge is 0.336 e. The van der Waals surface area contributed by atoms with E-state index < -0.39 is 21.7 Å². The van der Waals surface area contributed by atoms with E-state index in [2.05, 4.69) is 6.92 Å². The Morgan fingerprint density at radius 1 is 1.38 bits per heavy atom. The molecule has 1 aliphatic rings. The van der Waals surface area contributed by atoms with Crippen molar-refractivity contribution in [2.75, 3.05) is 6.54 Å². The molecule has 0 bridgehead atoms. The van der Waals surface area contributed by atoms with Crippen LogP contribution in [0.25, 0.3) is 0 Å². The Labute approximate surface area is 124 Å². The molecule has 7 heteroatoms. The van der Waals surface area contributed by atoms with E-state index in [0.29, 0.717) is 12.5 Å². The zero-order valence-electron chi connectivity index (χ0n) is 12.0. The van der Waals surface area contributed by atoms with Crippen LogP contribution in [-0.2, 0) is 10.0 Å². The van der Waals surface area contributed by atoms with Crippen LogP contribution in [0.3, 0.4) is 0 Å². The summed E-state index contributed by atoms with van der Waals surface area (Å²) in [5.41, 5.74) is -0.122. The normalized spacial score (nSPS) is 23.1. The lowest BCUT2D eigenvalue weighted by Gasteiger charge is -2.38. The summed E-state index contributed by atoms with van der Waals surface area (Å²) in [5, 5.41) is 4.95. The third kappa shape index (κ3) is 3.24. The summed E-state index contributed by atoms with van der Waals surface area (Å²) in [4.78, 5) is 13.7. The van der Waals surface area contributed by atoms with E-state index in [1.165, 1.54) is 6.07 Å². The van der Waals surface area contributed by atoms with Crippen LogP contribution in [0.1, 0.15) is 37.0 Å². The SMILES string of the molecule is CC1CCCN(C(=O)c2ccc(S(N)(=O)=O)cc2F)C1C. The average molecular weight is 314 g/mol. The number of hydrogen-bond acceptors (Lipinski definition) is 3. The highest BCUT2D eigenvalue weighted by Gasteiger charge is 2.30. The number of benzene rings is 1. The molecule has 0 aliphatic carbocycles. The van der Waals surface area contributed by atoms with E-state index in [9.17, 15) is 17.6 Å². The van der Waals surface area contributed by atoms with Gasteiger partial charge in [0.15, 0.2) is 0 Å². The Hall–Kier alpha value is -1.47. The molecule has 2 atom stereocenters. The molecule has 116 valence electrons. The van der Waals surface area contributed by atoms with E-state index in [1.54, 1.807) is 4.90 Å². The van der Waals surface area contributed by atoms with Crippen molar-refractivity contribution in [3.05, 3.63) is 29.6 Å². The maximum atomic E-state index is 14.0. The molecular weight excluding hydrogens is 295 g/mol. The van der Waals surface area contributed by atoms with E-state index in [4.69, 9.17) is 5.14 Å². The lowest BCUT2D eigenvalue weighted by atomic mass is 9.91. The molecule has 21 heavy (non-hydrogen) atoms. The van der Waals surface area contributed by atoms with Crippen molar-refractivity contribution in [3.63, 3.8) is 0 Å². The van der Waals surface area contributed by atoms with Gasteiger partial charge >= 0.3 is 0 Å². The molecule has 0 aromatic heterocycles. The Balaban J connectivity index is 2.32. The molecule has 2 N–H and O–H groups in total. The molecule has 1 amide bonds. The van der Waals surface area contributed by atoms with Gasteiger partial charge in [-0.15, -0.1) is 0 Å². The first-order valence-corrected chi connectivity index (χ1v) is 8.39. The van der Waals surface area contributed by atoms with Crippen LogP contribution in [0.15, 0.2) is 23.1 Å². The number of piperidine rings is 1. The second-order valence-corrected chi connectivity index (χ2v) is 7.11. The van der Waals surface area contributed by atoms with Gasteiger partial charge in [-0.25, -0.2) is 17.9 Å². The zero-order chi connectivity index (χ0) is 15.8. The molecule has 2 unspecified atom stereocenters. The fourth-order valence-electron chi connectivity index (χ4n) is 2.62. The minimum atomic E-state index is -3.98. The molecule has 1 saturated heterocycles. The summed E-state index contributed by atoms with van der Waals surface area (Å²) in [5.74, 6) is -0.918. The van der Waals surface area contributed by atoms with Crippen LogP contribution < -0.4 is 5.14 Å². The number of halogens is 1. The first-order valence-electron chi connectivity index (χ1n) is 6.85. The van der Waals surface area contributed by atoms with Gasteiger partial charge in [0.2, 0.25) is 10.0 Å². The van der Waals surface area contributed by atoms with Gasteiger partial charge in [-0.1, -0.05) is 6.92 Å². The number of primary sulfonamides is 1. The standard InChI is InChI=1S/C14H19FN2O3S/c1-9-4-3-7-17(10(9)2)14(18)12-6-5-11(8-13(12)15)21(16,19)20/h5-6,8-10H,3-4,7H2,1-2H3,(H2,16,19,20). The van der Waals surface area contributed by atoms with Crippen molar-refractivity contribution in [3.8, 4) is 0 Å². The van der Waals surface area contributed by atoms with Crippen LogP contribution in [0, 0.1) is 11.7 Å². The first-order chi connectivity index (χ1) is 9.71. The smallest absolute Gasteiger partial charge is 0.257 e. The lowest BCUT2D eigenvalue weighted by Crippen LogP contribution is -2.46. The van der Waals surface area contributed by atoms with Gasteiger partial charge in [-0.2, -0.15) is 0 Å². The Bertz CT molecular complexity index is 660. The minimum Gasteiger partial charge on any atom is -0.336 e. The number of hydrogen-bond donors (Lipinski definition) is 1. The second kappa shape index (κ2) is 5.73. The lowest BCUT2D eigenvalue weighted by molar-refractivity contribution is 0.0546. The third-order valence-corrected chi connectivity index (χ3v) is 5.04. The van der Waals surface area contributed by atoms with Crippen LogP contribution >= 0.6 is 0 Å². The van der Waals surface area contributed by atoms with Gasteiger partial charge in [0.05, 0.1) is 10.5 Å². The fraction of sp³-hybridized carbons (Fsp3) is 0.500. The van der Waals surface area contributed by atoms with E-state index in [0.717, 1.165) is 25.0 Å². The number of sulfonamides is 1. The van der Waals surface area contributed by atoms with Crippen molar-refractivity contribution in [2.45, 2.75) is 37.6 Å². The molecule has 1 aliphatic heterocycles. The van der Waals surface area contributed by atoms with Gasteiger partial charge in [0.25, 0.3) is 5.91 Å². The fourth-order valence-corrected chi connectivity index (χ4v) is 3.15. The summed E-state index contributed by atoms with van der Waals surface area (Å²) < 4.78 is 36.4. The van der Waals surface area contributed by atoms with Gasteiger partial charge < -0.3 is 4.90 Å². The Morgan fingerprint density at radius 3 is 2.62 bits per heavy atom. The predicted octanol–water partition coefficient (Wildman–Crippen LogP) is 1.73. The highest BCUT2D eigenvalue weighted by Crippen LogP contribution is 2.25. The summed E-state index contributed by atoms with van der Waals surface area (Å²) in [6.07, 6.45) is 1.92. The zero-order valence-corrected chi connectivity index (χ0v) is 12.9. The maximum absolute atomic E-state index is 14.0.